The summed E-state index contributed by atoms with van der Waals surface area (Å²) in [6.45, 7) is 1.63. The molecule has 4 heterocycles. The summed E-state index contributed by atoms with van der Waals surface area (Å²) < 4.78 is 37.4. The lowest BCUT2D eigenvalue weighted by atomic mass is 9.87. The predicted octanol–water partition coefficient (Wildman–Crippen LogP) is 8.28. The first-order valence-corrected chi connectivity index (χ1v) is 18.6. The molecule has 5 aromatic carbocycles. The molecule has 0 saturated carbocycles. The second-order valence-corrected chi connectivity index (χ2v) is 14.4. The molecule has 12 heteroatoms. The van der Waals surface area contributed by atoms with Gasteiger partial charge in [0.15, 0.2) is 34.5 Å². The molecule has 2 atom stereocenters. The van der Waals surface area contributed by atoms with Gasteiger partial charge >= 0.3 is 5.97 Å². The van der Waals surface area contributed by atoms with Gasteiger partial charge in [0.05, 0.1) is 31.8 Å². The molecule has 0 spiro atoms. The molecule has 6 bridgehead atoms. The third-order valence-corrected chi connectivity index (χ3v) is 11.2. The van der Waals surface area contributed by atoms with Crippen molar-refractivity contribution in [3.8, 4) is 46.0 Å². The first-order chi connectivity index (χ1) is 27.1. The maximum Gasteiger partial charge on any atom is 0.343 e. The average molecular weight is 758 g/mol. The Morgan fingerprint density at radius 3 is 2.04 bits per heavy atom. The number of fused-ring (bicyclic) bond motifs is 2. The van der Waals surface area contributed by atoms with Crippen LogP contribution >= 0.6 is 0 Å². The van der Waals surface area contributed by atoms with E-state index in [0.717, 1.165) is 53.7 Å². The standard InChI is InChI=1S/C44H43N3O9/c1-45-18-16-29-23-37(52-4)39-25-33(29)34(45)20-26-6-13-32(14-7-26)54-38-22-27(8-15-36(38)51-3)21-35-41-30(17-19-46(35)2)24-40(53-5)42(43(41)55-39)56-44(48)28-9-11-31(12-10-28)47(49)50/h6-15,22-25,34-35H,16-21H2,1-5H3/t34-,35-/m0/s1. The van der Waals surface area contributed by atoms with E-state index in [4.69, 9.17) is 28.4 Å². The molecule has 0 fully saturated rings. The van der Waals surface area contributed by atoms with Crippen LogP contribution in [-0.4, -0.2) is 69.2 Å². The summed E-state index contributed by atoms with van der Waals surface area (Å²) in [4.78, 5) is 29.3. The van der Waals surface area contributed by atoms with Crippen molar-refractivity contribution in [1.29, 1.82) is 0 Å². The lowest BCUT2D eigenvalue weighted by molar-refractivity contribution is -0.384. The lowest BCUT2D eigenvalue weighted by Gasteiger charge is -2.37. The highest BCUT2D eigenvalue weighted by Crippen LogP contribution is 2.52. The monoisotopic (exact) mass is 757 g/mol. The smallest absolute Gasteiger partial charge is 0.343 e. The van der Waals surface area contributed by atoms with E-state index in [1.165, 1.54) is 36.9 Å². The van der Waals surface area contributed by atoms with Crippen LogP contribution in [-0.2, 0) is 25.7 Å². The zero-order valence-electron chi connectivity index (χ0n) is 32.0. The number of likely N-dealkylation sites (N-methyl/N-ethyl adjacent to an activating group) is 2. The lowest BCUT2D eigenvalue weighted by Crippen LogP contribution is -2.34. The highest BCUT2D eigenvalue weighted by molar-refractivity contribution is 5.92. The van der Waals surface area contributed by atoms with E-state index < -0.39 is 10.9 Å². The largest absolute Gasteiger partial charge is 0.493 e. The van der Waals surface area contributed by atoms with Crippen molar-refractivity contribution in [2.75, 3.05) is 48.5 Å². The minimum Gasteiger partial charge on any atom is -0.493 e. The zero-order valence-corrected chi connectivity index (χ0v) is 32.0. The van der Waals surface area contributed by atoms with Crippen LogP contribution in [0, 0.1) is 10.1 Å². The van der Waals surface area contributed by atoms with E-state index in [1.807, 2.05) is 36.4 Å². The minimum absolute atomic E-state index is 0.0342. The molecule has 0 amide bonds. The summed E-state index contributed by atoms with van der Waals surface area (Å²) in [5.41, 5.74) is 6.26. The third-order valence-electron chi connectivity index (χ3n) is 11.2. The second kappa shape index (κ2) is 15.2. The van der Waals surface area contributed by atoms with Crippen LogP contribution in [0.3, 0.4) is 0 Å². The molecule has 0 aliphatic carbocycles. The topological polar surface area (TPSA) is 122 Å². The van der Waals surface area contributed by atoms with E-state index in [2.05, 4.69) is 48.2 Å². The number of non-ortho nitro benzene ring substituents is 1. The summed E-state index contributed by atoms with van der Waals surface area (Å²) in [7, 11) is 8.98. The highest BCUT2D eigenvalue weighted by Gasteiger charge is 2.36. The molecule has 0 aromatic heterocycles. The number of carbonyl (C=O) groups excluding carboxylic acids is 1. The van der Waals surface area contributed by atoms with Gasteiger partial charge in [0, 0.05) is 42.9 Å². The van der Waals surface area contributed by atoms with Gasteiger partial charge < -0.3 is 28.4 Å². The molecule has 0 radical (unpaired) electrons. The Morgan fingerprint density at radius 1 is 0.714 bits per heavy atom. The molecule has 9 rings (SSSR count). The Kier molecular flexibility index (Phi) is 10.0. The fourth-order valence-corrected chi connectivity index (χ4v) is 8.05. The van der Waals surface area contributed by atoms with Gasteiger partial charge in [0.25, 0.3) is 5.69 Å². The van der Waals surface area contributed by atoms with Gasteiger partial charge in [0.1, 0.15) is 5.75 Å². The van der Waals surface area contributed by atoms with Gasteiger partial charge in [0.2, 0.25) is 5.75 Å². The Balaban J connectivity index is 1.34. The van der Waals surface area contributed by atoms with Crippen molar-refractivity contribution >= 4 is 11.7 Å². The van der Waals surface area contributed by atoms with E-state index in [-0.39, 0.29) is 29.1 Å². The minimum atomic E-state index is -0.722. The van der Waals surface area contributed by atoms with Gasteiger partial charge in [-0.2, -0.15) is 0 Å². The van der Waals surface area contributed by atoms with Gasteiger partial charge in [-0.1, -0.05) is 18.2 Å². The number of benzene rings is 5. The van der Waals surface area contributed by atoms with E-state index in [1.54, 1.807) is 14.2 Å². The molecular weight excluding hydrogens is 714 g/mol. The maximum absolute atomic E-state index is 13.9. The first-order valence-electron chi connectivity index (χ1n) is 18.6. The van der Waals surface area contributed by atoms with Crippen molar-refractivity contribution in [3.05, 3.63) is 134 Å². The summed E-state index contributed by atoms with van der Waals surface area (Å²) in [5, 5.41) is 11.4. The molecule has 12 nitrogen and oxygen atoms in total. The number of hydrogen-bond acceptors (Lipinski definition) is 11. The molecule has 5 aromatic rings. The van der Waals surface area contributed by atoms with Gasteiger partial charge in [-0.3, -0.25) is 19.9 Å². The average Bonchev–Trinajstić information content (AvgIpc) is 3.21. The van der Waals surface area contributed by atoms with Gasteiger partial charge in [-0.25, -0.2) is 4.79 Å². The Morgan fingerprint density at radius 2 is 1.34 bits per heavy atom. The van der Waals surface area contributed by atoms with E-state index in [9.17, 15) is 14.9 Å². The number of methoxy groups -OCH3 is 3. The van der Waals surface area contributed by atoms with Crippen molar-refractivity contribution in [2.24, 2.45) is 0 Å². The van der Waals surface area contributed by atoms with E-state index >= 15 is 0 Å². The Labute approximate surface area is 325 Å². The van der Waals surface area contributed by atoms with Crippen LogP contribution in [0.25, 0.3) is 0 Å². The summed E-state index contributed by atoms with van der Waals surface area (Å²) in [6.07, 6.45) is 2.82. The van der Waals surface area contributed by atoms with Crippen LogP contribution in [0.2, 0.25) is 0 Å². The van der Waals surface area contributed by atoms with Crippen molar-refractivity contribution in [3.63, 3.8) is 0 Å². The molecule has 4 aliphatic heterocycles. The van der Waals surface area contributed by atoms with Gasteiger partial charge in [-0.05, 0) is 122 Å². The van der Waals surface area contributed by atoms with E-state index in [0.29, 0.717) is 53.1 Å². The first kappa shape index (κ1) is 36.8. The van der Waals surface area contributed by atoms with Crippen LogP contribution in [0.1, 0.15) is 55.8 Å². The van der Waals surface area contributed by atoms with Crippen molar-refractivity contribution < 1.29 is 38.1 Å². The number of hydrogen-bond donors (Lipinski definition) is 0. The quantitative estimate of drug-likeness (QED) is 0.0720. The SMILES string of the molecule is COc1ccc2cc1Oc1ccc(cc1)C[C@H]1c3cc(c(OC)cc3CCN1C)Oc1c(OC(=O)c3ccc([N+](=O)[O-])cc3)c(OC)cc3c1[C@H](C2)N(C)CC3. The number of nitro groups is 1. The number of carbonyl (C=O) groups is 1. The highest BCUT2D eigenvalue weighted by atomic mass is 16.6. The van der Waals surface area contributed by atoms with Crippen molar-refractivity contribution in [2.45, 2.75) is 37.8 Å². The predicted molar refractivity (Wildman–Crippen MR) is 209 cm³/mol. The van der Waals surface area contributed by atoms with Crippen LogP contribution in [0.5, 0.6) is 46.0 Å². The zero-order chi connectivity index (χ0) is 39.1. The summed E-state index contributed by atoms with van der Waals surface area (Å²) in [5.74, 6) is 2.95. The molecule has 4 aliphatic rings. The Hall–Kier alpha value is -6.11. The molecule has 288 valence electrons. The number of ether oxygens (including phenoxy) is 6. The summed E-state index contributed by atoms with van der Waals surface area (Å²) >= 11 is 0. The molecule has 0 saturated heterocycles. The molecular formula is C44H43N3O9. The fourth-order valence-electron chi connectivity index (χ4n) is 8.05. The fraction of sp³-hybridized carbons (Fsp3) is 0.295. The number of esters is 1. The second-order valence-electron chi connectivity index (χ2n) is 14.4. The Bertz CT molecular complexity index is 2310. The molecule has 56 heavy (non-hydrogen) atoms. The summed E-state index contributed by atoms with van der Waals surface area (Å²) in [6, 6.07) is 25.3. The number of rotatable bonds is 6. The maximum atomic E-state index is 13.9. The van der Waals surface area contributed by atoms with Crippen LogP contribution < -0.4 is 28.4 Å². The molecule has 0 unspecified atom stereocenters. The van der Waals surface area contributed by atoms with Crippen LogP contribution in [0.15, 0.2) is 84.9 Å². The number of nitrogens with zero attached hydrogens (tertiary/aromatic N) is 3. The normalized spacial score (nSPS) is 17.7. The van der Waals surface area contributed by atoms with Crippen molar-refractivity contribution in [1.82, 2.24) is 9.80 Å². The third kappa shape index (κ3) is 6.97. The molecule has 0 N–H and O–H groups in total. The number of nitro benzene ring substituents is 1. The van der Waals surface area contributed by atoms with Crippen LogP contribution in [0.4, 0.5) is 5.69 Å². The van der Waals surface area contributed by atoms with Gasteiger partial charge in [-0.15, -0.1) is 0 Å².